The first-order chi connectivity index (χ1) is 13.2. The second-order valence-corrected chi connectivity index (χ2v) is 8.43. The third-order valence-electron chi connectivity index (χ3n) is 5.13. The van der Waals surface area contributed by atoms with Crippen LogP contribution in [0.5, 0.6) is 5.75 Å². The van der Waals surface area contributed by atoms with E-state index in [0.717, 1.165) is 19.3 Å². The fourth-order valence-electron chi connectivity index (χ4n) is 3.18. The summed E-state index contributed by atoms with van der Waals surface area (Å²) in [5.41, 5.74) is 1.32. The second-order valence-electron chi connectivity index (χ2n) is 7.54. The van der Waals surface area contributed by atoms with Gasteiger partial charge in [-0.15, -0.1) is 4.52 Å². The van der Waals surface area contributed by atoms with Gasteiger partial charge in [-0.2, -0.15) is 0 Å². The van der Waals surface area contributed by atoms with Gasteiger partial charge >= 0.3 is 25.3 Å². The summed E-state index contributed by atoms with van der Waals surface area (Å²) in [7, 11) is -2.09. The predicted octanol–water partition coefficient (Wildman–Crippen LogP) is 8.25. The van der Waals surface area contributed by atoms with Gasteiger partial charge in [0.25, 0.3) is 0 Å². The average Bonchev–Trinajstić information content (AvgIpc) is 2.68. The van der Waals surface area contributed by atoms with E-state index < -0.39 is 8.25 Å². The first-order valence-electron chi connectivity index (χ1n) is 11.1. The zero-order chi connectivity index (χ0) is 19.7. The van der Waals surface area contributed by atoms with Crippen molar-refractivity contribution in [3.63, 3.8) is 0 Å². The molecule has 159 valence electrons. The van der Waals surface area contributed by atoms with Crippen LogP contribution in [0.15, 0.2) is 24.3 Å². The maximum Gasteiger partial charge on any atom is 3.00 e. The van der Waals surface area contributed by atoms with E-state index in [9.17, 15) is 4.57 Å². The third-order valence-corrected chi connectivity index (χ3v) is 5.85. The van der Waals surface area contributed by atoms with Crippen molar-refractivity contribution in [2.45, 2.75) is 97.8 Å². The Balaban J connectivity index is 0.00000729. The molecule has 2 unspecified atom stereocenters. The van der Waals surface area contributed by atoms with E-state index in [0.29, 0.717) is 18.3 Å². The van der Waals surface area contributed by atoms with E-state index in [2.05, 4.69) is 32.9 Å². The predicted molar refractivity (Wildman–Crippen MR) is 116 cm³/mol. The van der Waals surface area contributed by atoms with Gasteiger partial charge in [0.05, 0.1) is 0 Å². The van der Waals surface area contributed by atoms with Gasteiger partial charge in [0.1, 0.15) is 6.61 Å². The second kappa shape index (κ2) is 18.6. The molecule has 0 heterocycles. The molecule has 0 aliphatic rings. The molecule has 0 amide bonds. The van der Waals surface area contributed by atoms with E-state index in [-0.39, 0.29) is 17.1 Å². The first kappa shape index (κ1) is 27.6. The van der Waals surface area contributed by atoms with Crippen LogP contribution in [-0.2, 0) is 32.6 Å². The standard InChI is InChI=1S/C23H40O3P.Fe/c1-4-7-9-10-11-12-13-15-22-16-18-23(19-17-22)26-27(24)25-20-21(6-3)14-8-5-2;/h16-19,21H,4-15,20H2,1-3H3;/q+1;+3. The Morgan fingerprint density at radius 3 is 2.07 bits per heavy atom. The molecule has 0 aromatic heterocycles. The minimum atomic E-state index is -2.09. The van der Waals surface area contributed by atoms with Crippen LogP contribution < -0.4 is 4.52 Å². The zero-order valence-corrected chi connectivity index (χ0v) is 20.1. The number of aryl methyl sites for hydroxylation is 1. The first-order valence-corrected chi connectivity index (χ1v) is 12.2. The van der Waals surface area contributed by atoms with E-state index >= 15 is 0 Å². The van der Waals surface area contributed by atoms with Crippen LogP contribution in [0, 0.1) is 5.92 Å². The van der Waals surface area contributed by atoms with Crippen molar-refractivity contribution in [1.29, 1.82) is 0 Å². The number of hydrogen-bond donors (Lipinski definition) is 0. The Hall–Kier alpha value is -0.401. The van der Waals surface area contributed by atoms with E-state index in [1.165, 1.54) is 63.4 Å². The van der Waals surface area contributed by atoms with Crippen molar-refractivity contribution in [1.82, 2.24) is 0 Å². The van der Waals surface area contributed by atoms with Gasteiger partial charge in [-0.3, -0.25) is 0 Å². The van der Waals surface area contributed by atoms with Crippen LogP contribution in [0.1, 0.15) is 97.0 Å². The monoisotopic (exact) mass is 451 g/mol. The molecule has 1 radical (unpaired) electrons. The molecule has 0 aliphatic heterocycles. The van der Waals surface area contributed by atoms with E-state index in [1.54, 1.807) is 0 Å². The van der Waals surface area contributed by atoms with Gasteiger partial charge in [0.15, 0.2) is 5.75 Å². The van der Waals surface area contributed by atoms with Crippen molar-refractivity contribution < 1.29 is 30.7 Å². The van der Waals surface area contributed by atoms with Gasteiger partial charge < -0.3 is 0 Å². The van der Waals surface area contributed by atoms with E-state index in [4.69, 9.17) is 9.05 Å². The van der Waals surface area contributed by atoms with Crippen LogP contribution in [0.2, 0.25) is 0 Å². The van der Waals surface area contributed by atoms with Gasteiger partial charge in [0, 0.05) is 4.57 Å². The topological polar surface area (TPSA) is 35.5 Å². The van der Waals surface area contributed by atoms with Gasteiger partial charge in [-0.05, 0) is 42.9 Å². The molecule has 2 atom stereocenters. The zero-order valence-electron chi connectivity index (χ0n) is 18.1. The number of benzene rings is 1. The maximum atomic E-state index is 12.0. The number of hydrogen-bond acceptors (Lipinski definition) is 3. The summed E-state index contributed by atoms with van der Waals surface area (Å²) in [4.78, 5) is 0. The molecular weight excluding hydrogens is 411 g/mol. The smallest absolute Gasteiger partial charge is 0.229 e. The molecule has 3 nitrogen and oxygen atoms in total. The molecule has 0 saturated carbocycles. The molecule has 0 spiro atoms. The van der Waals surface area contributed by atoms with E-state index in [1.807, 2.05) is 12.1 Å². The molecule has 0 aliphatic carbocycles. The fraction of sp³-hybridized carbons (Fsp3) is 0.739. The van der Waals surface area contributed by atoms with Crippen molar-refractivity contribution in [2.24, 2.45) is 5.92 Å². The van der Waals surface area contributed by atoms with Crippen molar-refractivity contribution >= 4 is 8.25 Å². The Morgan fingerprint density at radius 2 is 1.46 bits per heavy atom. The molecule has 1 rings (SSSR count). The molecule has 0 bridgehead atoms. The van der Waals surface area contributed by atoms with Crippen molar-refractivity contribution in [2.75, 3.05) is 6.61 Å². The Morgan fingerprint density at radius 1 is 0.857 bits per heavy atom. The quantitative estimate of drug-likeness (QED) is 0.136. The minimum absolute atomic E-state index is 0. The number of unbranched alkanes of at least 4 members (excludes halogenated alkanes) is 7. The Bertz CT molecular complexity index is 493. The SMILES string of the molecule is CCCCCCCCCc1ccc(O[P+](=O)OCC(CC)CCCC)cc1.[Fe+3]. The molecule has 1 aromatic carbocycles. The van der Waals surface area contributed by atoms with Crippen molar-refractivity contribution in [3.05, 3.63) is 29.8 Å². The normalized spacial score (nSPS) is 12.3. The summed E-state index contributed by atoms with van der Waals surface area (Å²) in [6.07, 6.45) is 15.0. The summed E-state index contributed by atoms with van der Waals surface area (Å²) >= 11 is 0. The van der Waals surface area contributed by atoms with Crippen LogP contribution in [-0.4, -0.2) is 6.61 Å². The molecule has 0 N–H and O–H groups in total. The van der Waals surface area contributed by atoms with Gasteiger partial charge in [0.2, 0.25) is 0 Å². The Kier molecular flexibility index (Phi) is 18.4. The number of rotatable bonds is 17. The summed E-state index contributed by atoms with van der Waals surface area (Å²) in [6.45, 7) is 7.11. The molecular formula is C23H40FeO3P+4. The summed E-state index contributed by atoms with van der Waals surface area (Å²) in [6, 6.07) is 7.96. The van der Waals surface area contributed by atoms with Crippen molar-refractivity contribution in [3.8, 4) is 5.75 Å². The molecule has 5 heteroatoms. The third kappa shape index (κ3) is 13.7. The van der Waals surface area contributed by atoms with Gasteiger partial charge in [-0.25, -0.2) is 4.52 Å². The van der Waals surface area contributed by atoms with Crippen LogP contribution in [0.25, 0.3) is 0 Å². The maximum absolute atomic E-state index is 12.0. The molecule has 0 saturated heterocycles. The Labute approximate surface area is 184 Å². The van der Waals surface area contributed by atoms with Gasteiger partial charge in [-0.1, -0.05) is 90.7 Å². The van der Waals surface area contributed by atoms with Crippen LogP contribution in [0.4, 0.5) is 0 Å². The average molecular weight is 451 g/mol. The minimum Gasteiger partial charge on any atom is -0.229 e. The fourth-order valence-corrected chi connectivity index (χ4v) is 3.86. The largest absolute Gasteiger partial charge is 3.00 e. The summed E-state index contributed by atoms with van der Waals surface area (Å²) in [5.74, 6) is 1.10. The summed E-state index contributed by atoms with van der Waals surface area (Å²) in [5, 5.41) is 0. The van der Waals surface area contributed by atoms with Crippen LogP contribution >= 0.6 is 8.25 Å². The molecule has 1 aromatic rings. The summed E-state index contributed by atoms with van der Waals surface area (Å²) < 4.78 is 22.9. The molecule has 0 fully saturated rings. The molecule has 28 heavy (non-hydrogen) atoms. The van der Waals surface area contributed by atoms with Crippen LogP contribution in [0.3, 0.4) is 0 Å².